The van der Waals surface area contributed by atoms with E-state index in [-0.39, 0.29) is 0 Å². The summed E-state index contributed by atoms with van der Waals surface area (Å²) in [6.07, 6.45) is 0. The SMILES string of the molecule is C=C(F)C(=O)Oc1ccccc1. The van der Waals surface area contributed by atoms with Gasteiger partial charge in [0.05, 0.1) is 0 Å². The minimum Gasteiger partial charge on any atom is -0.421 e. The number of esters is 1. The highest BCUT2D eigenvalue weighted by Crippen LogP contribution is 2.10. The highest BCUT2D eigenvalue weighted by atomic mass is 19.1. The summed E-state index contributed by atoms with van der Waals surface area (Å²) in [7, 11) is 0. The summed E-state index contributed by atoms with van der Waals surface area (Å²) in [6, 6.07) is 8.25. The van der Waals surface area contributed by atoms with Gasteiger partial charge in [0.2, 0.25) is 5.83 Å². The van der Waals surface area contributed by atoms with Gasteiger partial charge in [-0.2, -0.15) is 4.39 Å². The molecule has 1 aromatic carbocycles. The van der Waals surface area contributed by atoms with Crippen molar-refractivity contribution in [3.8, 4) is 5.75 Å². The number of benzene rings is 1. The van der Waals surface area contributed by atoms with Gasteiger partial charge in [-0.15, -0.1) is 0 Å². The highest BCUT2D eigenvalue weighted by Gasteiger charge is 2.07. The lowest BCUT2D eigenvalue weighted by molar-refractivity contribution is -0.131. The van der Waals surface area contributed by atoms with Gasteiger partial charge in [-0.25, -0.2) is 4.79 Å². The molecular formula is C9H7FO2. The molecular weight excluding hydrogens is 159 g/mol. The van der Waals surface area contributed by atoms with Crippen LogP contribution in [0.25, 0.3) is 0 Å². The summed E-state index contributed by atoms with van der Waals surface area (Å²) < 4.78 is 16.7. The van der Waals surface area contributed by atoms with Crippen molar-refractivity contribution in [3.63, 3.8) is 0 Å². The first-order chi connectivity index (χ1) is 5.70. The quantitative estimate of drug-likeness (QED) is 0.382. The van der Waals surface area contributed by atoms with Gasteiger partial charge in [-0.05, 0) is 12.1 Å². The van der Waals surface area contributed by atoms with Crippen molar-refractivity contribution in [1.29, 1.82) is 0 Å². The summed E-state index contributed by atoms with van der Waals surface area (Å²) in [4.78, 5) is 10.6. The molecule has 0 bridgehead atoms. The Balaban J connectivity index is 2.65. The Bertz CT molecular complexity index is 293. The second-order valence-corrected chi connectivity index (χ2v) is 2.11. The van der Waals surface area contributed by atoms with E-state index in [9.17, 15) is 9.18 Å². The Labute approximate surface area is 69.3 Å². The van der Waals surface area contributed by atoms with E-state index >= 15 is 0 Å². The number of rotatable bonds is 2. The van der Waals surface area contributed by atoms with Gasteiger partial charge in [0.1, 0.15) is 5.75 Å². The summed E-state index contributed by atoms with van der Waals surface area (Å²) in [5, 5.41) is 0. The predicted octanol–water partition coefficient (Wildman–Crippen LogP) is 2.08. The first-order valence-corrected chi connectivity index (χ1v) is 3.32. The van der Waals surface area contributed by atoms with Crippen molar-refractivity contribution in [3.05, 3.63) is 42.7 Å². The van der Waals surface area contributed by atoms with Crippen LogP contribution in [0.3, 0.4) is 0 Å². The average molecular weight is 166 g/mol. The maximum Gasteiger partial charge on any atom is 0.371 e. The molecule has 0 radical (unpaired) electrons. The summed E-state index contributed by atoms with van der Waals surface area (Å²) in [5.41, 5.74) is 0. The minimum atomic E-state index is -1.10. The van der Waals surface area contributed by atoms with Gasteiger partial charge in [-0.3, -0.25) is 0 Å². The van der Waals surface area contributed by atoms with E-state index in [0.717, 1.165) is 0 Å². The third-order valence-corrected chi connectivity index (χ3v) is 1.18. The van der Waals surface area contributed by atoms with Crippen LogP contribution in [0, 0.1) is 0 Å². The zero-order valence-corrected chi connectivity index (χ0v) is 6.29. The number of halogens is 1. The molecule has 0 saturated carbocycles. The number of hydrogen-bond donors (Lipinski definition) is 0. The zero-order chi connectivity index (χ0) is 8.97. The highest BCUT2D eigenvalue weighted by molar-refractivity contribution is 5.87. The molecule has 0 aromatic heterocycles. The van der Waals surface area contributed by atoms with E-state index in [2.05, 4.69) is 11.3 Å². The first kappa shape index (κ1) is 8.46. The van der Waals surface area contributed by atoms with E-state index in [1.807, 2.05) is 0 Å². The minimum absolute atomic E-state index is 0.307. The van der Waals surface area contributed by atoms with Crippen LogP contribution < -0.4 is 4.74 Å². The Morgan fingerprint density at radius 1 is 1.33 bits per heavy atom. The Kier molecular flexibility index (Phi) is 2.58. The molecule has 0 aliphatic heterocycles. The summed E-state index contributed by atoms with van der Waals surface area (Å²) in [5.74, 6) is -1.85. The standard InChI is InChI=1S/C9H7FO2/c1-7(10)9(11)12-8-5-3-2-4-6-8/h2-6H,1H2. The molecule has 1 rings (SSSR count). The van der Waals surface area contributed by atoms with Crippen LogP contribution in [0.4, 0.5) is 4.39 Å². The van der Waals surface area contributed by atoms with Crippen LogP contribution >= 0.6 is 0 Å². The monoisotopic (exact) mass is 166 g/mol. The van der Waals surface area contributed by atoms with Gasteiger partial charge in [0.15, 0.2) is 0 Å². The number of carbonyl (C=O) groups is 1. The second kappa shape index (κ2) is 3.67. The third kappa shape index (κ3) is 2.20. The number of ether oxygens (including phenoxy) is 1. The molecule has 0 aliphatic rings. The van der Waals surface area contributed by atoms with E-state index in [1.54, 1.807) is 30.3 Å². The van der Waals surface area contributed by atoms with Crippen molar-refractivity contribution in [2.45, 2.75) is 0 Å². The number of carbonyl (C=O) groups excluding carboxylic acids is 1. The molecule has 3 heteroatoms. The molecule has 0 saturated heterocycles. The van der Waals surface area contributed by atoms with Gasteiger partial charge in [0.25, 0.3) is 0 Å². The van der Waals surface area contributed by atoms with Crippen LogP contribution in [-0.2, 0) is 4.79 Å². The second-order valence-electron chi connectivity index (χ2n) is 2.11. The molecule has 0 N–H and O–H groups in total. The van der Waals surface area contributed by atoms with Crippen molar-refractivity contribution >= 4 is 5.97 Å². The molecule has 1 aromatic rings. The molecule has 62 valence electrons. The van der Waals surface area contributed by atoms with Crippen molar-refractivity contribution in [1.82, 2.24) is 0 Å². The summed E-state index contributed by atoms with van der Waals surface area (Å²) in [6.45, 7) is 2.81. The van der Waals surface area contributed by atoms with Gasteiger partial charge in [-0.1, -0.05) is 24.8 Å². The zero-order valence-electron chi connectivity index (χ0n) is 6.29. The van der Waals surface area contributed by atoms with E-state index in [1.165, 1.54) is 0 Å². The average Bonchev–Trinajstić information content (AvgIpc) is 2.06. The lowest BCUT2D eigenvalue weighted by atomic mass is 10.3. The van der Waals surface area contributed by atoms with Crippen LogP contribution in [0.15, 0.2) is 42.7 Å². The van der Waals surface area contributed by atoms with Crippen LogP contribution in [0.1, 0.15) is 0 Å². The van der Waals surface area contributed by atoms with Gasteiger partial charge >= 0.3 is 5.97 Å². The van der Waals surface area contributed by atoms with Crippen molar-refractivity contribution in [2.75, 3.05) is 0 Å². The van der Waals surface area contributed by atoms with E-state index in [0.29, 0.717) is 5.75 Å². The molecule has 0 amide bonds. The summed E-state index contributed by atoms with van der Waals surface area (Å²) >= 11 is 0. The Morgan fingerprint density at radius 3 is 2.42 bits per heavy atom. The smallest absolute Gasteiger partial charge is 0.371 e. The number of para-hydroxylation sites is 1. The lowest BCUT2D eigenvalue weighted by Crippen LogP contribution is -2.06. The first-order valence-electron chi connectivity index (χ1n) is 3.32. The molecule has 12 heavy (non-hydrogen) atoms. The largest absolute Gasteiger partial charge is 0.421 e. The van der Waals surface area contributed by atoms with Crippen LogP contribution in [0.5, 0.6) is 5.75 Å². The fourth-order valence-corrected chi connectivity index (χ4v) is 0.651. The Morgan fingerprint density at radius 2 is 1.92 bits per heavy atom. The fraction of sp³-hybridized carbons (Fsp3) is 0. The van der Waals surface area contributed by atoms with Gasteiger partial charge < -0.3 is 4.74 Å². The number of hydrogen-bond acceptors (Lipinski definition) is 2. The molecule has 2 nitrogen and oxygen atoms in total. The fourth-order valence-electron chi connectivity index (χ4n) is 0.651. The van der Waals surface area contributed by atoms with Crippen molar-refractivity contribution in [2.24, 2.45) is 0 Å². The van der Waals surface area contributed by atoms with Crippen LogP contribution in [-0.4, -0.2) is 5.97 Å². The molecule has 0 atom stereocenters. The maximum atomic E-state index is 12.1. The predicted molar refractivity (Wildman–Crippen MR) is 42.3 cm³/mol. The molecule has 0 unspecified atom stereocenters. The van der Waals surface area contributed by atoms with E-state index in [4.69, 9.17) is 0 Å². The normalized spacial score (nSPS) is 9.08. The molecule has 0 aliphatic carbocycles. The molecule has 0 heterocycles. The van der Waals surface area contributed by atoms with E-state index < -0.39 is 11.8 Å². The van der Waals surface area contributed by atoms with Crippen LogP contribution in [0.2, 0.25) is 0 Å². The Hall–Kier alpha value is -1.64. The van der Waals surface area contributed by atoms with Gasteiger partial charge in [0, 0.05) is 0 Å². The maximum absolute atomic E-state index is 12.1. The third-order valence-electron chi connectivity index (χ3n) is 1.18. The molecule has 0 spiro atoms. The van der Waals surface area contributed by atoms with Crippen molar-refractivity contribution < 1.29 is 13.9 Å². The topological polar surface area (TPSA) is 26.3 Å². The lowest BCUT2D eigenvalue weighted by Gasteiger charge is -1.99. The molecule has 0 fully saturated rings.